The fraction of sp³-hybridized carbons (Fsp3) is 0.500. The van der Waals surface area contributed by atoms with Crippen molar-refractivity contribution in [3.05, 3.63) is 29.6 Å². The van der Waals surface area contributed by atoms with Crippen LogP contribution in [0.1, 0.15) is 11.4 Å². The van der Waals surface area contributed by atoms with Crippen molar-refractivity contribution >= 4 is 17.7 Å². The minimum atomic E-state index is 0.567. The third-order valence-corrected chi connectivity index (χ3v) is 3.63. The van der Waals surface area contributed by atoms with Crippen molar-refractivity contribution in [2.24, 2.45) is 10.7 Å². The van der Waals surface area contributed by atoms with Gasteiger partial charge in [-0.25, -0.2) is 4.99 Å². The highest BCUT2D eigenvalue weighted by molar-refractivity contribution is 7.99. The SMILES string of the molecule is Cc1cccc(CN=C(N)N2CCSCC2)n1. The van der Waals surface area contributed by atoms with Gasteiger partial charge in [0, 0.05) is 30.3 Å². The Kier molecular flexibility index (Phi) is 4.25. The van der Waals surface area contributed by atoms with Crippen LogP contribution in [0.4, 0.5) is 0 Å². The second-order valence-corrected chi connectivity index (χ2v) is 5.27. The van der Waals surface area contributed by atoms with Gasteiger partial charge in [0.1, 0.15) is 0 Å². The molecule has 2 heterocycles. The van der Waals surface area contributed by atoms with Crippen LogP contribution in [0, 0.1) is 6.92 Å². The van der Waals surface area contributed by atoms with E-state index in [1.165, 1.54) is 0 Å². The molecule has 1 aliphatic heterocycles. The summed E-state index contributed by atoms with van der Waals surface area (Å²) in [6.07, 6.45) is 0. The second kappa shape index (κ2) is 5.91. The predicted molar refractivity (Wildman–Crippen MR) is 73.2 cm³/mol. The van der Waals surface area contributed by atoms with Crippen molar-refractivity contribution in [1.82, 2.24) is 9.88 Å². The largest absolute Gasteiger partial charge is 0.370 e. The molecule has 17 heavy (non-hydrogen) atoms. The Hall–Kier alpha value is -1.23. The first-order chi connectivity index (χ1) is 8.25. The van der Waals surface area contributed by atoms with E-state index in [2.05, 4.69) is 14.9 Å². The number of aryl methyl sites for hydroxylation is 1. The lowest BCUT2D eigenvalue weighted by molar-refractivity contribution is 0.455. The standard InChI is InChI=1S/C12H18N4S/c1-10-3-2-4-11(15-10)9-14-12(13)16-5-7-17-8-6-16/h2-4H,5-9H2,1H3,(H2,13,14). The maximum atomic E-state index is 5.97. The number of aliphatic imine (C=N–C) groups is 1. The van der Waals surface area contributed by atoms with Crippen molar-refractivity contribution in [2.75, 3.05) is 24.6 Å². The van der Waals surface area contributed by atoms with Crippen molar-refractivity contribution < 1.29 is 0 Å². The molecule has 1 saturated heterocycles. The van der Waals surface area contributed by atoms with Crippen LogP contribution < -0.4 is 5.73 Å². The summed E-state index contributed by atoms with van der Waals surface area (Å²) in [6, 6.07) is 5.97. The topological polar surface area (TPSA) is 54.5 Å². The van der Waals surface area contributed by atoms with E-state index < -0.39 is 0 Å². The van der Waals surface area contributed by atoms with Crippen LogP contribution in [0.3, 0.4) is 0 Å². The van der Waals surface area contributed by atoms with Crippen LogP contribution in [0.25, 0.3) is 0 Å². The number of pyridine rings is 1. The summed E-state index contributed by atoms with van der Waals surface area (Å²) in [5, 5.41) is 0. The van der Waals surface area contributed by atoms with Crippen molar-refractivity contribution in [2.45, 2.75) is 13.5 Å². The first-order valence-corrected chi connectivity index (χ1v) is 6.96. The number of rotatable bonds is 2. The van der Waals surface area contributed by atoms with Gasteiger partial charge in [0.2, 0.25) is 0 Å². The van der Waals surface area contributed by atoms with E-state index in [-0.39, 0.29) is 0 Å². The van der Waals surface area contributed by atoms with Crippen LogP contribution in [-0.4, -0.2) is 40.4 Å². The second-order valence-electron chi connectivity index (χ2n) is 4.04. The van der Waals surface area contributed by atoms with E-state index >= 15 is 0 Å². The number of hydrogen-bond donors (Lipinski definition) is 1. The molecule has 1 aromatic heterocycles. The van der Waals surface area contributed by atoms with Gasteiger partial charge in [0.25, 0.3) is 0 Å². The molecule has 4 nitrogen and oxygen atoms in total. The molecule has 0 aromatic carbocycles. The molecule has 0 bridgehead atoms. The molecule has 0 amide bonds. The average Bonchev–Trinajstić information content (AvgIpc) is 2.37. The van der Waals surface area contributed by atoms with Crippen molar-refractivity contribution in [3.63, 3.8) is 0 Å². The summed E-state index contributed by atoms with van der Waals surface area (Å²) >= 11 is 1.97. The van der Waals surface area contributed by atoms with Gasteiger partial charge in [-0.3, -0.25) is 4.98 Å². The quantitative estimate of drug-likeness (QED) is 0.634. The van der Waals surface area contributed by atoms with Gasteiger partial charge in [0.15, 0.2) is 5.96 Å². The van der Waals surface area contributed by atoms with Crippen LogP contribution in [0.2, 0.25) is 0 Å². The predicted octanol–water partition coefficient (Wildman–Crippen LogP) is 1.25. The van der Waals surface area contributed by atoms with Crippen LogP contribution in [-0.2, 0) is 6.54 Å². The third-order valence-electron chi connectivity index (χ3n) is 2.68. The fourth-order valence-corrected chi connectivity index (χ4v) is 2.65. The van der Waals surface area contributed by atoms with Gasteiger partial charge < -0.3 is 10.6 Å². The lowest BCUT2D eigenvalue weighted by atomic mass is 10.3. The Bertz CT molecular complexity index is 399. The highest BCUT2D eigenvalue weighted by Gasteiger charge is 2.11. The Morgan fingerprint density at radius 1 is 1.47 bits per heavy atom. The summed E-state index contributed by atoms with van der Waals surface area (Å²) < 4.78 is 0. The molecule has 0 unspecified atom stereocenters. The molecule has 1 fully saturated rings. The first-order valence-electron chi connectivity index (χ1n) is 5.81. The molecule has 1 aromatic rings. The van der Waals surface area contributed by atoms with Crippen molar-refractivity contribution in [3.8, 4) is 0 Å². The molecule has 0 saturated carbocycles. The third kappa shape index (κ3) is 3.63. The van der Waals surface area contributed by atoms with Crippen LogP contribution in [0.5, 0.6) is 0 Å². The van der Waals surface area contributed by atoms with Gasteiger partial charge >= 0.3 is 0 Å². The fourth-order valence-electron chi connectivity index (χ4n) is 1.74. The van der Waals surface area contributed by atoms with E-state index in [1.807, 2.05) is 36.9 Å². The molecular formula is C12H18N4S. The maximum absolute atomic E-state index is 5.97. The van der Waals surface area contributed by atoms with Gasteiger partial charge in [-0.15, -0.1) is 0 Å². The smallest absolute Gasteiger partial charge is 0.191 e. The Morgan fingerprint density at radius 2 is 2.24 bits per heavy atom. The zero-order valence-corrected chi connectivity index (χ0v) is 10.9. The summed E-state index contributed by atoms with van der Waals surface area (Å²) in [6.45, 7) is 4.55. The zero-order chi connectivity index (χ0) is 12.1. The highest BCUT2D eigenvalue weighted by Crippen LogP contribution is 2.09. The summed E-state index contributed by atoms with van der Waals surface area (Å²) in [7, 11) is 0. The summed E-state index contributed by atoms with van der Waals surface area (Å²) in [4.78, 5) is 11.0. The Labute approximate surface area is 106 Å². The minimum Gasteiger partial charge on any atom is -0.370 e. The van der Waals surface area contributed by atoms with Gasteiger partial charge in [0.05, 0.1) is 12.2 Å². The van der Waals surface area contributed by atoms with Crippen LogP contribution in [0.15, 0.2) is 23.2 Å². The number of guanidine groups is 1. The molecule has 1 aliphatic rings. The number of aromatic nitrogens is 1. The molecule has 92 valence electrons. The van der Waals surface area contributed by atoms with E-state index in [1.54, 1.807) is 0 Å². The Balaban J connectivity index is 1.95. The molecular weight excluding hydrogens is 232 g/mol. The van der Waals surface area contributed by atoms with Gasteiger partial charge in [-0.2, -0.15) is 11.8 Å². The number of hydrogen-bond acceptors (Lipinski definition) is 3. The molecule has 5 heteroatoms. The summed E-state index contributed by atoms with van der Waals surface area (Å²) in [5.41, 5.74) is 7.96. The molecule has 2 rings (SSSR count). The van der Waals surface area contributed by atoms with Crippen molar-refractivity contribution in [1.29, 1.82) is 0 Å². The minimum absolute atomic E-state index is 0.567. The van der Waals surface area contributed by atoms with E-state index in [0.29, 0.717) is 12.5 Å². The molecule has 0 aliphatic carbocycles. The number of thioether (sulfide) groups is 1. The Morgan fingerprint density at radius 3 is 2.94 bits per heavy atom. The summed E-state index contributed by atoms with van der Waals surface area (Å²) in [5.74, 6) is 2.92. The van der Waals surface area contributed by atoms with E-state index in [4.69, 9.17) is 5.73 Å². The highest BCUT2D eigenvalue weighted by atomic mass is 32.2. The molecule has 0 spiro atoms. The van der Waals surface area contributed by atoms with E-state index in [0.717, 1.165) is 36.0 Å². The molecule has 0 radical (unpaired) electrons. The van der Waals surface area contributed by atoms with Gasteiger partial charge in [-0.1, -0.05) is 6.07 Å². The molecule has 0 atom stereocenters. The van der Waals surface area contributed by atoms with Crippen LogP contribution >= 0.6 is 11.8 Å². The zero-order valence-electron chi connectivity index (χ0n) is 10.1. The van der Waals surface area contributed by atoms with Gasteiger partial charge in [-0.05, 0) is 19.1 Å². The first kappa shape index (κ1) is 12.2. The number of nitrogens with zero attached hydrogens (tertiary/aromatic N) is 3. The normalized spacial score (nSPS) is 17.2. The maximum Gasteiger partial charge on any atom is 0.191 e. The number of nitrogens with two attached hydrogens (primary N) is 1. The lowest BCUT2D eigenvalue weighted by Crippen LogP contribution is -2.42. The average molecular weight is 250 g/mol. The molecule has 2 N–H and O–H groups in total. The van der Waals surface area contributed by atoms with E-state index in [9.17, 15) is 0 Å². The lowest BCUT2D eigenvalue weighted by Gasteiger charge is -2.27. The monoisotopic (exact) mass is 250 g/mol.